The maximum absolute atomic E-state index is 6.59. The Morgan fingerprint density at radius 3 is 2.21 bits per heavy atom. The van der Waals surface area contributed by atoms with Crippen molar-refractivity contribution in [2.75, 3.05) is 0 Å². The van der Waals surface area contributed by atoms with Crippen LogP contribution in [0.5, 0.6) is 0 Å². The van der Waals surface area contributed by atoms with E-state index in [0.717, 1.165) is 33.9 Å². The summed E-state index contributed by atoms with van der Waals surface area (Å²) < 4.78 is 7.66. The van der Waals surface area contributed by atoms with Crippen LogP contribution in [0, 0.1) is 0 Å². The Labute approximate surface area is 200 Å². The summed E-state index contributed by atoms with van der Waals surface area (Å²) in [7, 11) is 0. The third-order valence-electron chi connectivity index (χ3n) is 7.78. The van der Waals surface area contributed by atoms with Crippen LogP contribution in [0.4, 0.5) is 0 Å². The van der Waals surface area contributed by atoms with Crippen molar-refractivity contribution in [3.05, 3.63) is 123 Å². The first-order valence-corrected chi connectivity index (χ1v) is 12.3. The van der Waals surface area contributed by atoms with E-state index < -0.39 is 0 Å². The predicted molar refractivity (Wildman–Crippen MR) is 138 cm³/mol. The minimum Gasteiger partial charge on any atom is -0.455 e. The number of fused-ring (bicyclic) bond motifs is 14. The highest BCUT2D eigenvalue weighted by Crippen LogP contribution is 2.65. The molecule has 0 N–H and O–H groups in total. The SMILES string of the molecule is Brc1ccc2oc3c4c(ccc3c2c1)C1(C2=CCCC=C24)c2ccccc2-c2ccccc21. The van der Waals surface area contributed by atoms with Crippen molar-refractivity contribution in [2.45, 2.75) is 18.3 Å². The fraction of sp³-hybridized carbons (Fsp3) is 0.0968. The molecule has 4 aromatic carbocycles. The number of benzene rings is 4. The first-order valence-electron chi connectivity index (χ1n) is 11.5. The number of allylic oxidation sites excluding steroid dienone is 4. The highest BCUT2D eigenvalue weighted by atomic mass is 79.9. The molecule has 0 saturated heterocycles. The molecule has 5 aromatic rings. The summed E-state index contributed by atoms with van der Waals surface area (Å²) in [5.74, 6) is 0. The third-order valence-corrected chi connectivity index (χ3v) is 8.28. The van der Waals surface area contributed by atoms with E-state index in [1.807, 2.05) is 0 Å². The van der Waals surface area contributed by atoms with Crippen molar-refractivity contribution in [2.24, 2.45) is 0 Å². The summed E-state index contributed by atoms with van der Waals surface area (Å²) in [6.45, 7) is 0. The summed E-state index contributed by atoms with van der Waals surface area (Å²) >= 11 is 3.64. The van der Waals surface area contributed by atoms with Gasteiger partial charge in [0.15, 0.2) is 0 Å². The summed E-state index contributed by atoms with van der Waals surface area (Å²) in [6.07, 6.45) is 7.07. The van der Waals surface area contributed by atoms with Crippen molar-refractivity contribution in [3.63, 3.8) is 0 Å². The number of rotatable bonds is 0. The van der Waals surface area contributed by atoms with Crippen LogP contribution in [0.2, 0.25) is 0 Å². The van der Waals surface area contributed by atoms with Crippen LogP contribution in [0.3, 0.4) is 0 Å². The molecule has 33 heavy (non-hydrogen) atoms. The Balaban J connectivity index is 1.58. The molecule has 0 unspecified atom stereocenters. The topological polar surface area (TPSA) is 13.1 Å². The summed E-state index contributed by atoms with van der Waals surface area (Å²) in [6, 6.07) is 28.9. The molecule has 3 aliphatic rings. The van der Waals surface area contributed by atoms with E-state index >= 15 is 0 Å². The molecule has 1 nitrogen and oxygen atoms in total. The second-order valence-electron chi connectivity index (χ2n) is 9.26. The Morgan fingerprint density at radius 2 is 1.42 bits per heavy atom. The first kappa shape index (κ1) is 18.1. The zero-order valence-corrected chi connectivity index (χ0v) is 19.4. The molecular weight excluding hydrogens is 468 g/mol. The van der Waals surface area contributed by atoms with Gasteiger partial charge in [-0.3, -0.25) is 0 Å². The number of hydrogen-bond donors (Lipinski definition) is 0. The highest BCUT2D eigenvalue weighted by Gasteiger charge is 2.54. The lowest BCUT2D eigenvalue weighted by molar-refractivity contribution is 0.666. The van der Waals surface area contributed by atoms with Gasteiger partial charge in [-0.05, 0) is 70.0 Å². The molecule has 1 heterocycles. The summed E-state index contributed by atoms with van der Waals surface area (Å²) in [5, 5.41) is 2.35. The zero-order chi connectivity index (χ0) is 21.7. The zero-order valence-electron chi connectivity index (χ0n) is 17.9. The van der Waals surface area contributed by atoms with Crippen LogP contribution in [0.25, 0.3) is 38.6 Å². The standard InChI is InChI=1S/C31H19BrO/c32-18-13-16-28-23(17-18)21-14-15-27-29(30(21)33-28)22-9-3-6-12-26(22)31(27)24-10-4-1-7-19(24)20-8-2-5-11-25(20)31/h1-2,4-5,7-17H,3,6H2. The van der Waals surface area contributed by atoms with E-state index in [4.69, 9.17) is 4.42 Å². The van der Waals surface area contributed by atoms with Crippen molar-refractivity contribution in [3.8, 4) is 11.1 Å². The molecular formula is C31H19BrO. The Morgan fingerprint density at radius 1 is 0.697 bits per heavy atom. The second-order valence-corrected chi connectivity index (χ2v) is 10.2. The molecule has 0 atom stereocenters. The normalized spacial score (nSPS) is 17.0. The van der Waals surface area contributed by atoms with Crippen LogP contribution < -0.4 is 0 Å². The van der Waals surface area contributed by atoms with Crippen molar-refractivity contribution < 1.29 is 4.42 Å². The van der Waals surface area contributed by atoms with E-state index in [-0.39, 0.29) is 5.41 Å². The van der Waals surface area contributed by atoms with Gasteiger partial charge in [0.1, 0.15) is 11.2 Å². The summed E-state index contributed by atoms with van der Waals surface area (Å²) in [5.41, 5.74) is 12.6. The molecule has 0 radical (unpaired) electrons. The first-order chi connectivity index (χ1) is 16.3. The Bertz CT molecular complexity index is 1680. The average molecular weight is 487 g/mol. The molecule has 2 heteroatoms. The molecule has 0 bridgehead atoms. The minimum absolute atomic E-state index is 0.275. The van der Waals surface area contributed by atoms with Gasteiger partial charge in [-0.25, -0.2) is 0 Å². The lowest BCUT2D eigenvalue weighted by Crippen LogP contribution is -2.26. The fourth-order valence-corrected chi connectivity index (χ4v) is 6.98. The fourth-order valence-electron chi connectivity index (χ4n) is 6.62. The van der Waals surface area contributed by atoms with Gasteiger partial charge >= 0.3 is 0 Å². The smallest absolute Gasteiger partial charge is 0.143 e. The molecule has 0 saturated carbocycles. The van der Waals surface area contributed by atoms with Gasteiger partial charge in [0.2, 0.25) is 0 Å². The Hall–Kier alpha value is -3.36. The van der Waals surface area contributed by atoms with Crippen LogP contribution in [-0.4, -0.2) is 0 Å². The maximum Gasteiger partial charge on any atom is 0.143 e. The summed E-state index contributed by atoms with van der Waals surface area (Å²) in [4.78, 5) is 0. The Kier molecular flexibility index (Phi) is 3.38. The van der Waals surface area contributed by atoms with Gasteiger partial charge in [-0.15, -0.1) is 0 Å². The predicted octanol–water partition coefficient (Wildman–Crippen LogP) is 8.78. The van der Waals surface area contributed by atoms with E-state index in [0.29, 0.717) is 0 Å². The molecule has 8 rings (SSSR count). The largest absolute Gasteiger partial charge is 0.455 e. The van der Waals surface area contributed by atoms with Gasteiger partial charge in [-0.2, -0.15) is 0 Å². The van der Waals surface area contributed by atoms with E-state index in [9.17, 15) is 0 Å². The monoisotopic (exact) mass is 486 g/mol. The van der Waals surface area contributed by atoms with Crippen molar-refractivity contribution in [1.29, 1.82) is 0 Å². The van der Waals surface area contributed by atoms with Crippen molar-refractivity contribution >= 4 is 43.4 Å². The van der Waals surface area contributed by atoms with Crippen LogP contribution in [0.1, 0.15) is 35.1 Å². The molecule has 1 spiro atoms. The molecule has 156 valence electrons. The van der Waals surface area contributed by atoms with Gasteiger partial charge in [0, 0.05) is 20.8 Å². The molecule has 1 aromatic heterocycles. The third kappa shape index (κ3) is 2.05. The van der Waals surface area contributed by atoms with E-state index in [1.54, 1.807) is 0 Å². The van der Waals surface area contributed by atoms with Crippen LogP contribution >= 0.6 is 15.9 Å². The molecule has 3 aliphatic carbocycles. The van der Waals surface area contributed by atoms with E-state index in [2.05, 4.69) is 107 Å². The van der Waals surface area contributed by atoms with Gasteiger partial charge in [0.05, 0.1) is 5.41 Å². The number of halogens is 1. The van der Waals surface area contributed by atoms with Gasteiger partial charge in [-0.1, -0.05) is 88.7 Å². The minimum atomic E-state index is -0.275. The maximum atomic E-state index is 6.59. The van der Waals surface area contributed by atoms with Crippen LogP contribution in [0.15, 0.2) is 105 Å². The molecule has 0 aliphatic heterocycles. The van der Waals surface area contributed by atoms with E-state index in [1.165, 1.54) is 49.9 Å². The molecule has 0 fully saturated rings. The van der Waals surface area contributed by atoms with Gasteiger partial charge in [0.25, 0.3) is 0 Å². The van der Waals surface area contributed by atoms with Crippen molar-refractivity contribution in [1.82, 2.24) is 0 Å². The second kappa shape index (κ2) is 6.15. The lowest BCUT2D eigenvalue weighted by Gasteiger charge is -2.31. The number of furan rings is 1. The van der Waals surface area contributed by atoms with Gasteiger partial charge < -0.3 is 4.42 Å². The molecule has 0 amide bonds. The quantitative estimate of drug-likeness (QED) is 0.213. The number of hydrogen-bond acceptors (Lipinski definition) is 1. The highest BCUT2D eigenvalue weighted by molar-refractivity contribution is 9.10. The average Bonchev–Trinajstić information content (AvgIpc) is 3.47. The van der Waals surface area contributed by atoms with Crippen LogP contribution in [-0.2, 0) is 5.41 Å². The lowest BCUT2D eigenvalue weighted by atomic mass is 9.69.